The number of nitrogens with one attached hydrogen (secondary N) is 1. The molecule has 2 aliphatic rings. The maximum Gasteiger partial charge on any atom is 0.236 e. The van der Waals surface area contributed by atoms with E-state index < -0.39 is 0 Å². The average Bonchev–Trinajstić information content (AvgIpc) is 3.05. The molecule has 1 heterocycles. The lowest BCUT2D eigenvalue weighted by atomic mass is 10.0. The Hall–Kier alpha value is -0.610. The molecule has 2 rings (SSSR count). The van der Waals surface area contributed by atoms with Crippen LogP contribution in [0.5, 0.6) is 0 Å². The molecule has 1 saturated carbocycles. The molecule has 3 N–H and O–H groups in total. The van der Waals surface area contributed by atoms with Crippen LogP contribution >= 0.6 is 0 Å². The molecule has 4 heteroatoms. The fraction of sp³-hybridized carbons (Fsp3) is 0.929. The van der Waals surface area contributed by atoms with Gasteiger partial charge >= 0.3 is 0 Å². The zero-order chi connectivity index (χ0) is 13.1. The van der Waals surface area contributed by atoms with E-state index in [-0.39, 0.29) is 11.9 Å². The summed E-state index contributed by atoms with van der Waals surface area (Å²) in [5, 5.41) is 3.02. The zero-order valence-electron chi connectivity index (χ0n) is 11.7. The van der Waals surface area contributed by atoms with Gasteiger partial charge in [0.2, 0.25) is 5.91 Å². The lowest BCUT2D eigenvalue weighted by Crippen LogP contribution is -2.43. The third kappa shape index (κ3) is 3.95. The number of nitrogens with two attached hydrogens (primary N) is 1. The summed E-state index contributed by atoms with van der Waals surface area (Å²) in [6.07, 6.45) is 4.73. The van der Waals surface area contributed by atoms with Gasteiger partial charge in [0.25, 0.3) is 0 Å². The largest absolute Gasteiger partial charge is 0.354 e. The van der Waals surface area contributed by atoms with Gasteiger partial charge in [0, 0.05) is 19.1 Å². The Morgan fingerprint density at radius 2 is 2.11 bits per heavy atom. The second-order valence-electron chi connectivity index (χ2n) is 6.36. The van der Waals surface area contributed by atoms with Gasteiger partial charge in [0.15, 0.2) is 0 Å². The van der Waals surface area contributed by atoms with Crippen molar-refractivity contribution in [2.45, 2.75) is 51.6 Å². The van der Waals surface area contributed by atoms with Gasteiger partial charge < -0.3 is 16.0 Å². The summed E-state index contributed by atoms with van der Waals surface area (Å²) in [6.45, 7) is 7.36. The monoisotopic (exact) mass is 253 g/mol. The first-order valence-electron chi connectivity index (χ1n) is 7.33. The molecular formula is C14H27N3O. The van der Waals surface area contributed by atoms with Crippen molar-refractivity contribution < 1.29 is 4.79 Å². The van der Waals surface area contributed by atoms with Crippen LogP contribution in [0.15, 0.2) is 0 Å². The van der Waals surface area contributed by atoms with E-state index in [1.807, 2.05) is 0 Å². The summed E-state index contributed by atoms with van der Waals surface area (Å²) < 4.78 is 0. The quantitative estimate of drug-likeness (QED) is 0.741. The van der Waals surface area contributed by atoms with Crippen molar-refractivity contribution in [3.05, 3.63) is 0 Å². The van der Waals surface area contributed by atoms with Crippen LogP contribution in [-0.2, 0) is 4.79 Å². The molecule has 1 unspecified atom stereocenters. The van der Waals surface area contributed by atoms with Crippen molar-refractivity contribution in [3.8, 4) is 0 Å². The Morgan fingerprint density at radius 1 is 1.39 bits per heavy atom. The van der Waals surface area contributed by atoms with E-state index in [4.69, 9.17) is 5.73 Å². The van der Waals surface area contributed by atoms with E-state index in [9.17, 15) is 4.79 Å². The molecule has 0 radical (unpaired) electrons. The van der Waals surface area contributed by atoms with Gasteiger partial charge in [0.1, 0.15) is 0 Å². The van der Waals surface area contributed by atoms with Crippen LogP contribution in [0.25, 0.3) is 0 Å². The lowest BCUT2D eigenvalue weighted by molar-refractivity contribution is -0.122. The van der Waals surface area contributed by atoms with Crippen molar-refractivity contribution in [2.75, 3.05) is 19.6 Å². The molecule has 0 bridgehead atoms. The number of hydrogen-bond acceptors (Lipinski definition) is 3. The Bertz CT molecular complexity index is 289. The van der Waals surface area contributed by atoms with Crippen LogP contribution < -0.4 is 11.1 Å². The van der Waals surface area contributed by atoms with Gasteiger partial charge in [-0.3, -0.25) is 4.79 Å². The standard InChI is InChI=1S/C14H27N3O/c1-10(2)7-13(15)14(18)16-8-11-5-6-17(9-11)12-3-4-12/h10-13H,3-9,15H2,1-2H3,(H,16,18)/t11?,13-/m1/s1. The van der Waals surface area contributed by atoms with E-state index in [0.29, 0.717) is 11.8 Å². The Balaban J connectivity index is 1.63. The predicted octanol–water partition coefficient (Wildman–Crippen LogP) is 0.960. The molecule has 0 aromatic heterocycles. The summed E-state index contributed by atoms with van der Waals surface area (Å²) in [6, 6.07) is 0.514. The maximum atomic E-state index is 11.8. The fourth-order valence-corrected chi connectivity index (χ4v) is 2.79. The molecule has 0 aromatic rings. The number of likely N-dealkylation sites (tertiary alicyclic amines) is 1. The van der Waals surface area contributed by atoms with Crippen LogP contribution in [0, 0.1) is 11.8 Å². The van der Waals surface area contributed by atoms with Gasteiger partial charge in [0.05, 0.1) is 6.04 Å². The smallest absolute Gasteiger partial charge is 0.236 e. The number of carbonyl (C=O) groups excluding carboxylic acids is 1. The molecule has 2 atom stereocenters. The van der Waals surface area contributed by atoms with Crippen molar-refractivity contribution in [1.29, 1.82) is 0 Å². The Labute approximate surface area is 110 Å². The Morgan fingerprint density at radius 3 is 2.72 bits per heavy atom. The van der Waals surface area contributed by atoms with Crippen molar-refractivity contribution >= 4 is 5.91 Å². The highest BCUT2D eigenvalue weighted by atomic mass is 16.2. The van der Waals surface area contributed by atoms with Crippen molar-refractivity contribution in [2.24, 2.45) is 17.6 Å². The van der Waals surface area contributed by atoms with Gasteiger partial charge in [-0.1, -0.05) is 13.8 Å². The first kappa shape index (κ1) is 13.8. The molecule has 18 heavy (non-hydrogen) atoms. The highest BCUT2D eigenvalue weighted by Gasteiger charge is 2.34. The number of hydrogen-bond donors (Lipinski definition) is 2. The maximum absolute atomic E-state index is 11.8. The van der Waals surface area contributed by atoms with Gasteiger partial charge in [-0.15, -0.1) is 0 Å². The van der Waals surface area contributed by atoms with E-state index in [0.717, 1.165) is 25.6 Å². The molecule has 104 valence electrons. The fourth-order valence-electron chi connectivity index (χ4n) is 2.79. The topological polar surface area (TPSA) is 58.4 Å². The lowest BCUT2D eigenvalue weighted by Gasteiger charge is -2.17. The molecule has 4 nitrogen and oxygen atoms in total. The summed E-state index contributed by atoms with van der Waals surface area (Å²) in [5.41, 5.74) is 5.87. The third-order valence-electron chi connectivity index (χ3n) is 4.01. The summed E-state index contributed by atoms with van der Waals surface area (Å²) in [5.74, 6) is 1.12. The molecule has 1 amide bonds. The number of amides is 1. The molecule has 0 spiro atoms. The van der Waals surface area contributed by atoms with Gasteiger partial charge in [-0.2, -0.15) is 0 Å². The van der Waals surface area contributed by atoms with Gasteiger partial charge in [-0.05, 0) is 44.1 Å². The van der Waals surface area contributed by atoms with E-state index in [1.165, 1.54) is 25.8 Å². The normalized spacial score (nSPS) is 26.6. The third-order valence-corrected chi connectivity index (χ3v) is 4.01. The summed E-state index contributed by atoms with van der Waals surface area (Å²) >= 11 is 0. The van der Waals surface area contributed by atoms with Crippen LogP contribution in [-0.4, -0.2) is 42.5 Å². The highest BCUT2D eigenvalue weighted by Crippen LogP contribution is 2.31. The summed E-state index contributed by atoms with van der Waals surface area (Å²) in [7, 11) is 0. The van der Waals surface area contributed by atoms with Crippen LogP contribution in [0.3, 0.4) is 0 Å². The number of nitrogens with zero attached hydrogens (tertiary/aromatic N) is 1. The molecule has 0 aromatic carbocycles. The van der Waals surface area contributed by atoms with E-state index in [1.54, 1.807) is 0 Å². The van der Waals surface area contributed by atoms with Crippen LogP contribution in [0.1, 0.15) is 39.5 Å². The van der Waals surface area contributed by atoms with Gasteiger partial charge in [-0.25, -0.2) is 0 Å². The van der Waals surface area contributed by atoms with Crippen molar-refractivity contribution in [3.63, 3.8) is 0 Å². The molecule has 1 saturated heterocycles. The predicted molar refractivity (Wildman–Crippen MR) is 73.1 cm³/mol. The average molecular weight is 253 g/mol. The first-order chi connectivity index (χ1) is 8.56. The minimum absolute atomic E-state index is 0.0218. The molecule has 2 fully saturated rings. The minimum Gasteiger partial charge on any atom is -0.354 e. The molecule has 1 aliphatic carbocycles. The second kappa shape index (κ2) is 6.02. The minimum atomic E-state index is -0.342. The van der Waals surface area contributed by atoms with Crippen LogP contribution in [0.4, 0.5) is 0 Å². The first-order valence-corrected chi connectivity index (χ1v) is 7.33. The Kier molecular flexibility index (Phi) is 4.62. The zero-order valence-corrected chi connectivity index (χ0v) is 11.7. The summed E-state index contributed by atoms with van der Waals surface area (Å²) in [4.78, 5) is 14.4. The highest BCUT2D eigenvalue weighted by molar-refractivity contribution is 5.81. The number of carbonyl (C=O) groups is 1. The van der Waals surface area contributed by atoms with Crippen molar-refractivity contribution in [1.82, 2.24) is 10.2 Å². The van der Waals surface area contributed by atoms with Crippen LogP contribution in [0.2, 0.25) is 0 Å². The van der Waals surface area contributed by atoms with E-state index >= 15 is 0 Å². The molecule has 1 aliphatic heterocycles. The SMILES string of the molecule is CC(C)C[C@@H](N)C(=O)NCC1CCN(C2CC2)C1. The van der Waals surface area contributed by atoms with E-state index in [2.05, 4.69) is 24.1 Å². The second-order valence-corrected chi connectivity index (χ2v) is 6.36. The number of rotatable bonds is 6. The molecular weight excluding hydrogens is 226 g/mol.